The van der Waals surface area contributed by atoms with Gasteiger partial charge in [0.2, 0.25) is 0 Å². The maximum absolute atomic E-state index is 9.89. The van der Waals surface area contributed by atoms with Crippen LogP contribution in [-0.4, -0.2) is 43.2 Å². The number of rotatable bonds is 7. The summed E-state index contributed by atoms with van der Waals surface area (Å²) in [5, 5.41) is 13.2. The van der Waals surface area contributed by atoms with E-state index >= 15 is 0 Å². The predicted octanol–water partition coefficient (Wildman–Crippen LogP) is 2.60. The zero-order chi connectivity index (χ0) is 15.7. The second kappa shape index (κ2) is 9.10. The number of benzene rings is 1. The SMILES string of the molecule is CCCCN(C)C(=NCc1cc(OC)ccc1O)NCC. The van der Waals surface area contributed by atoms with Gasteiger partial charge >= 0.3 is 0 Å². The molecule has 0 aliphatic heterocycles. The minimum absolute atomic E-state index is 0.242. The number of ether oxygens (including phenoxy) is 1. The second-order valence-electron chi connectivity index (χ2n) is 4.94. The fourth-order valence-corrected chi connectivity index (χ4v) is 1.95. The lowest BCUT2D eigenvalue weighted by atomic mass is 10.2. The van der Waals surface area contributed by atoms with Crippen LogP contribution in [0.2, 0.25) is 0 Å². The summed E-state index contributed by atoms with van der Waals surface area (Å²) >= 11 is 0. The van der Waals surface area contributed by atoms with Gasteiger partial charge in [-0.2, -0.15) is 0 Å². The summed E-state index contributed by atoms with van der Waals surface area (Å²) in [6, 6.07) is 5.19. The summed E-state index contributed by atoms with van der Waals surface area (Å²) in [5.41, 5.74) is 0.758. The van der Waals surface area contributed by atoms with Crippen molar-refractivity contribution in [2.75, 3.05) is 27.2 Å². The van der Waals surface area contributed by atoms with Crippen molar-refractivity contribution in [1.29, 1.82) is 0 Å². The zero-order valence-corrected chi connectivity index (χ0v) is 13.5. The van der Waals surface area contributed by atoms with Gasteiger partial charge in [-0.3, -0.25) is 0 Å². The highest BCUT2D eigenvalue weighted by Crippen LogP contribution is 2.23. The maximum Gasteiger partial charge on any atom is 0.193 e. The van der Waals surface area contributed by atoms with Crippen LogP contribution in [-0.2, 0) is 6.54 Å². The van der Waals surface area contributed by atoms with Crippen LogP contribution in [0.5, 0.6) is 11.5 Å². The van der Waals surface area contributed by atoms with Gasteiger partial charge in [-0.1, -0.05) is 13.3 Å². The molecular weight excluding hydrogens is 266 g/mol. The largest absolute Gasteiger partial charge is 0.508 e. The molecule has 0 spiro atoms. The molecular formula is C16H27N3O2. The number of unbranched alkanes of at least 4 members (excludes halogenated alkanes) is 1. The first-order valence-electron chi connectivity index (χ1n) is 7.47. The first-order chi connectivity index (χ1) is 10.1. The average molecular weight is 293 g/mol. The van der Waals surface area contributed by atoms with Crippen molar-refractivity contribution in [3.05, 3.63) is 23.8 Å². The quantitative estimate of drug-likeness (QED) is 0.599. The molecule has 0 unspecified atom stereocenters. The molecule has 2 N–H and O–H groups in total. The molecule has 0 aromatic heterocycles. The van der Waals surface area contributed by atoms with E-state index in [1.165, 1.54) is 0 Å². The maximum atomic E-state index is 9.89. The van der Waals surface area contributed by atoms with Crippen LogP contribution in [0, 0.1) is 0 Å². The third-order valence-electron chi connectivity index (χ3n) is 3.23. The number of hydrogen-bond donors (Lipinski definition) is 2. The lowest BCUT2D eigenvalue weighted by Crippen LogP contribution is -2.39. The fraction of sp³-hybridized carbons (Fsp3) is 0.562. The highest BCUT2D eigenvalue weighted by molar-refractivity contribution is 5.79. The summed E-state index contributed by atoms with van der Waals surface area (Å²) in [6.07, 6.45) is 2.28. The normalized spacial score (nSPS) is 11.3. The summed E-state index contributed by atoms with van der Waals surface area (Å²) in [7, 11) is 3.64. The van der Waals surface area contributed by atoms with E-state index in [1.54, 1.807) is 19.2 Å². The van der Waals surface area contributed by atoms with Crippen molar-refractivity contribution in [2.45, 2.75) is 33.2 Å². The van der Waals surface area contributed by atoms with Gasteiger partial charge in [0.1, 0.15) is 11.5 Å². The first-order valence-corrected chi connectivity index (χ1v) is 7.47. The molecule has 1 aromatic rings. The molecule has 0 aliphatic rings. The van der Waals surface area contributed by atoms with Gasteiger partial charge < -0.3 is 20.1 Å². The number of methoxy groups -OCH3 is 1. The van der Waals surface area contributed by atoms with Crippen molar-refractivity contribution in [2.24, 2.45) is 4.99 Å². The van der Waals surface area contributed by atoms with E-state index in [0.29, 0.717) is 6.54 Å². The zero-order valence-electron chi connectivity index (χ0n) is 13.5. The van der Waals surface area contributed by atoms with Gasteiger partial charge in [0.05, 0.1) is 13.7 Å². The van der Waals surface area contributed by atoms with Gasteiger partial charge in [-0.25, -0.2) is 4.99 Å². The highest BCUT2D eigenvalue weighted by atomic mass is 16.5. The number of phenols is 1. The Labute approximate surface area is 127 Å². The Balaban J connectivity index is 2.81. The summed E-state index contributed by atoms with van der Waals surface area (Å²) in [4.78, 5) is 6.70. The van der Waals surface area contributed by atoms with Gasteiger partial charge in [-0.05, 0) is 31.5 Å². The van der Waals surface area contributed by atoms with E-state index in [2.05, 4.69) is 22.1 Å². The predicted molar refractivity (Wildman–Crippen MR) is 87.0 cm³/mol. The van der Waals surface area contributed by atoms with E-state index in [9.17, 15) is 5.11 Å². The van der Waals surface area contributed by atoms with Crippen LogP contribution in [0.25, 0.3) is 0 Å². The van der Waals surface area contributed by atoms with E-state index in [1.807, 2.05) is 20.0 Å². The van der Waals surface area contributed by atoms with Crippen LogP contribution in [0.3, 0.4) is 0 Å². The Morgan fingerprint density at radius 3 is 2.76 bits per heavy atom. The summed E-state index contributed by atoms with van der Waals surface area (Å²) in [6.45, 7) is 6.42. The molecule has 1 aromatic carbocycles. The van der Waals surface area contributed by atoms with Crippen LogP contribution in [0.1, 0.15) is 32.3 Å². The standard InChI is InChI=1S/C16H27N3O2/c1-5-7-10-19(3)16(17-6-2)18-12-13-11-14(21-4)8-9-15(13)20/h8-9,11,20H,5-7,10,12H2,1-4H3,(H,17,18). The number of phenolic OH excluding ortho intramolecular Hbond substituents is 1. The van der Waals surface area contributed by atoms with E-state index in [0.717, 1.165) is 43.2 Å². The van der Waals surface area contributed by atoms with E-state index in [4.69, 9.17) is 4.74 Å². The van der Waals surface area contributed by atoms with E-state index < -0.39 is 0 Å². The van der Waals surface area contributed by atoms with Crippen LogP contribution in [0.15, 0.2) is 23.2 Å². The van der Waals surface area contributed by atoms with Crippen molar-refractivity contribution in [3.8, 4) is 11.5 Å². The van der Waals surface area contributed by atoms with Crippen molar-refractivity contribution >= 4 is 5.96 Å². The van der Waals surface area contributed by atoms with Crippen LogP contribution < -0.4 is 10.1 Å². The smallest absolute Gasteiger partial charge is 0.193 e. The minimum Gasteiger partial charge on any atom is -0.508 e. The van der Waals surface area contributed by atoms with Crippen molar-refractivity contribution in [3.63, 3.8) is 0 Å². The molecule has 0 saturated heterocycles. The van der Waals surface area contributed by atoms with Crippen molar-refractivity contribution in [1.82, 2.24) is 10.2 Å². The molecule has 118 valence electrons. The van der Waals surface area contributed by atoms with Crippen molar-refractivity contribution < 1.29 is 9.84 Å². The number of aromatic hydroxyl groups is 1. The fourth-order valence-electron chi connectivity index (χ4n) is 1.95. The monoisotopic (exact) mass is 293 g/mol. The second-order valence-corrected chi connectivity index (χ2v) is 4.94. The number of nitrogens with one attached hydrogen (secondary N) is 1. The Hall–Kier alpha value is -1.91. The molecule has 0 bridgehead atoms. The van der Waals surface area contributed by atoms with Crippen LogP contribution in [0.4, 0.5) is 0 Å². The highest BCUT2D eigenvalue weighted by Gasteiger charge is 2.07. The lowest BCUT2D eigenvalue weighted by Gasteiger charge is -2.21. The third-order valence-corrected chi connectivity index (χ3v) is 3.23. The molecule has 0 atom stereocenters. The first kappa shape index (κ1) is 17.1. The Morgan fingerprint density at radius 1 is 1.38 bits per heavy atom. The molecule has 0 radical (unpaired) electrons. The van der Waals surface area contributed by atoms with Gasteiger partial charge in [-0.15, -0.1) is 0 Å². The number of nitrogens with zero attached hydrogens (tertiary/aromatic N) is 2. The van der Waals surface area contributed by atoms with Gasteiger partial charge in [0, 0.05) is 25.7 Å². The number of hydrogen-bond acceptors (Lipinski definition) is 3. The molecule has 0 amide bonds. The Kier molecular flexibility index (Phi) is 7.43. The number of guanidine groups is 1. The molecule has 0 saturated carbocycles. The van der Waals surface area contributed by atoms with Crippen LogP contribution >= 0.6 is 0 Å². The molecule has 1 rings (SSSR count). The average Bonchev–Trinajstić information content (AvgIpc) is 2.50. The van der Waals surface area contributed by atoms with E-state index in [-0.39, 0.29) is 5.75 Å². The van der Waals surface area contributed by atoms with Gasteiger partial charge in [0.25, 0.3) is 0 Å². The minimum atomic E-state index is 0.242. The Morgan fingerprint density at radius 2 is 2.14 bits per heavy atom. The third kappa shape index (κ3) is 5.53. The topological polar surface area (TPSA) is 57.1 Å². The molecule has 5 nitrogen and oxygen atoms in total. The summed E-state index contributed by atoms with van der Waals surface area (Å²) < 4.78 is 5.18. The molecule has 0 heterocycles. The molecule has 0 aliphatic carbocycles. The summed E-state index contributed by atoms with van der Waals surface area (Å²) in [5.74, 6) is 1.82. The number of aliphatic imine (C=N–C) groups is 1. The van der Waals surface area contributed by atoms with Gasteiger partial charge in [0.15, 0.2) is 5.96 Å². The molecule has 21 heavy (non-hydrogen) atoms. The molecule has 0 fully saturated rings. The molecule has 5 heteroatoms. The Bertz CT molecular complexity index is 461. The lowest BCUT2D eigenvalue weighted by molar-refractivity contribution is 0.410.